The average Bonchev–Trinajstić information content (AvgIpc) is 3.15. The number of rotatable bonds is 8. The second kappa shape index (κ2) is 9.03. The Morgan fingerprint density at radius 3 is 2.69 bits per heavy atom. The molecule has 0 aliphatic heterocycles. The van der Waals surface area contributed by atoms with Crippen LogP contribution in [0.15, 0.2) is 53.9 Å². The highest BCUT2D eigenvalue weighted by Gasteiger charge is 2.13. The first-order valence-corrected chi connectivity index (χ1v) is 9.39. The summed E-state index contributed by atoms with van der Waals surface area (Å²) in [5, 5.41) is 5.87. The first kappa shape index (κ1) is 18.7. The molecule has 0 aliphatic carbocycles. The van der Waals surface area contributed by atoms with Gasteiger partial charge in [0.2, 0.25) is 0 Å². The van der Waals surface area contributed by atoms with Gasteiger partial charge in [0.15, 0.2) is 11.5 Å². The molecular weight excluding hydrogens is 373 g/mol. The molecule has 0 amide bonds. The number of halogens is 2. The summed E-state index contributed by atoms with van der Waals surface area (Å²) >= 11 is 8.09. The van der Waals surface area contributed by atoms with Gasteiger partial charge >= 0.3 is 0 Å². The Morgan fingerprint density at radius 2 is 1.96 bits per heavy atom. The first-order valence-electron chi connectivity index (χ1n) is 8.13. The van der Waals surface area contributed by atoms with Crippen LogP contribution in [-0.4, -0.2) is 7.11 Å². The Balaban J connectivity index is 1.67. The fourth-order valence-electron chi connectivity index (χ4n) is 2.52. The minimum absolute atomic E-state index is 0.0821. The Hall–Kier alpha value is -2.08. The van der Waals surface area contributed by atoms with Gasteiger partial charge in [0, 0.05) is 23.5 Å². The minimum Gasteiger partial charge on any atom is -0.493 e. The molecule has 136 valence electrons. The van der Waals surface area contributed by atoms with E-state index in [1.54, 1.807) is 36.6 Å². The number of hydrogen-bond donors (Lipinski definition) is 1. The summed E-state index contributed by atoms with van der Waals surface area (Å²) in [6, 6.07) is 14.3. The SMILES string of the molecule is COc1cc(CNCc2cccs2)cc(Cl)c1OCc1ccccc1F. The summed E-state index contributed by atoms with van der Waals surface area (Å²) in [7, 11) is 1.56. The van der Waals surface area contributed by atoms with Crippen molar-refractivity contribution in [1.29, 1.82) is 0 Å². The van der Waals surface area contributed by atoms with Crippen molar-refractivity contribution in [3.05, 3.63) is 80.8 Å². The summed E-state index contributed by atoms with van der Waals surface area (Å²) in [4.78, 5) is 1.27. The standard InChI is InChI=1S/C20H19ClFNO2S/c1-24-19-10-14(11-23-12-16-6-4-8-26-16)9-17(21)20(19)25-13-15-5-2-3-7-18(15)22/h2-10,23H,11-13H2,1H3. The molecule has 0 aliphatic rings. The van der Waals surface area contributed by atoms with E-state index in [9.17, 15) is 4.39 Å². The Kier molecular flexibility index (Phi) is 6.50. The molecule has 1 N–H and O–H groups in total. The Labute approximate surface area is 161 Å². The molecule has 3 aromatic rings. The van der Waals surface area contributed by atoms with Crippen LogP contribution < -0.4 is 14.8 Å². The lowest BCUT2D eigenvalue weighted by Gasteiger charge is -2.15. The second-order valence-electron chi connectivity index (χ2n) is 5.67. The zero-order valence-corrected chi connectivity index (χ0v) is 15.9. The van der Waals surface area contributed by atoms with Crippen LogP contribution in [0, 0.1) is 5.82 Å². The zero-order valence-electron chi connectivity index (χ0n) is 14.3. The molecule has 0 bridgehead atoms. The van der Waals surface area contributed by atoms with Crippen molar-refractivity contribution in [1.82, 2.24) is 5.32 Å². The number of hydrogen-bond acceptors (Lipinski definition) is 4. The highest BCUT2D eigenvalue weighted by atomic mass is 35.5. The van der Waals surface area contributed by atoms with E-state index in [4.69, 9.17) is 21.1 Å². The van der Waals surface area contributed by atoms with Gasteiger partial charge in [0.1, 0.15) is 12.4 Å². The largest absolute Gasteiger partial charge is 0.493 e. The molecule has 0 spiro atoms. The molecule has 0 saturated heterocycles. The predicted molar refractivity (Wildman–Crippen MR) is 104 cm³/mol. The maximum absolute atomic E-state index is 13.7. The lowest BCUT2D eigenvalue weighted by Crippen LogP contribution is -2.12. The number of nitrogens with one attached hydrogen (secondary N) is 1. The van der Waals surface area contributed by atoms with Gasteiger partial charge in [0.05, 0.1) is 12.1 Å². The second-order valence-corrected chi connectivity index (χ2v) is 7.11. The molecule has 1 heterocycles. The van der Waals surface area contributed by atoms with Crippen molar-refractivity contribution in [2.24, 2.45) is 0 Å². The zero-order chi connectivity index (χ0) is 18.4. The van der Waals surface area contributed by atoms with Crippen LogP contribution in [0.1, 0.15) is 16.0 Å². The average molecular weight is 392 g/mol. The van der Waals surface area contributed by atoms with Crippen molar-refractivity contribution >= 4 is 22.9 Å². The molecule has 26 heavy (non-hydrogen) atoms. The summed E-state index contributed by atoms with van der Waals surface area (Å²) in [5.41, 5.74) is 1.45. The van der Waals surface area contributed by atoms with Gasteiger partial charge in [-0.1, -0.05) is 35.9 Å². The van der Waals surface area contributed by atoms with Gasteiger partial charge in [-0.3, -0.25) is 0 Å². The van der Waals surface area contributed by atoms with Crippen LogP contribution in [0.3, 0.4) is 0 Å². The highest BCUT2D eigenvalue weighted by Crippen LogP contribution is 2.37. The fraction of sp³-hybridized carbons (Fsp3) is 0.200. The number of methoxy groups -OCH3 is 1. The van der Waals surface area contributed by atoms with Crippen LogP contribution in [0.5, 0.6) is 11.5 Å². The minimum atomic E-state index is -0.308. The lowest BCUT2D eigenvalue weighted by atomic mass is 10.2. The fourth-order valence-corrected chi connectivity index (χ4v) is 3.49. The number of thiophene rings is 1. The van der Waals surface area contributed by atoms with Crippen LogP contribution in [-0.2, 0) is 19.7 Å². The van der Waals surface area contributed by atoms with E-state index in [0.29, 0.717) is 28.6 Å². The Morgan fingerprint density at radius 1 is 1.12 bits per heavy atom. The monoisotopic (exact) mass is 391 g/mol. The Bertz CT molecular complexity index is 855. The molecule has 0 unspecified atom stereocenters. The highest BCUT2D eigenvalue weighted by molar-refractivity contribution is 7.09. The molecule has 0 atom stereocenters. The van der Waals surface area contributed by atoms with E-state index >= 15 is 0 Å². The van der Waals surface area contributed by atoms with E-state index in [1.165, 1.54) is 10.9 Å². The normalized spacial score (nSPS) is 10.7. The van der Waals surface area contributed by atoms with Crippen molar-refractivity contribution < 1.29 is 13.9 Å². The molecule has 0 radical (unpaired) electrons. The van der Waals surface area contributed by atoms with E-state index in [2.05, 4.69) is 16.8 Å². The van der Waals surface area contributed by atoms with Crippen molar-refractivity contribution in [3.63, 3.8) is 0 Å². The maximum atomic E-state index is 13.7. The predicted octanol–water partition coefficient (Wildman–Crippen LogP) is 5.42. The van der Waals surface area contributed by atoms with E-state index in [0.717, 1.165) is 12.1 Å². The van der Waals surface area contributed by atoms with Crippen LogP contribution in [0.4, 0.5) is 4.39 Å². The summed E-state index contributed by atoms with van der Waals surface area (Å²) in [6.07, 6.45) is 0. The van der Waals surface area contributed by atoms with Gasteiger partial charge in [-0.2, -0.15) is 0 Å². The third kappa shape index (κ3) is 4.75. The van der Waals surface area contributed by atoms with Crippen LogP contribution in [0.2, 0.25) is 5.02 Å². The van der Waals surface area contributed by atoms with E-state index in [1.807, 2.05) is 18.2 Å². The van der Waals surface area contributed by atoms with Gasteiger partial charge in [-0.05, 0) is 35.2 Å². The van der Waals surface area contributed by atoms with E-state index in [-0.39, 0.29) is 12.4 Å². The topological polar surface area (TPSA) is 30.5 Å². The molecule has 1 aromatic heterocycles. The summed E-state index contributed by atoms with van der Waals surface area (Å²) < 4.78 is 24.9. The third-order valence-corrected chi connectivity index (χ3v) is 4.98. The summed E-state index contributed by atoms with van der Waals surface area (Å²) in [6.45, 7) is 1.53. The first-order chi connectivity index (χ1) is 12.7. The molecule has 2 aromatic carbocycles. The number of ether oxygens (including phenoxy) is 2. The quantitative estimate of drug-likeness (QED) is 0.556. The smallest absolute Gasteiger partial charge is 0.180 e. The van der Waals surface area contributed by atoms with Crippen molar-refractivity contribution in [2.75, 3.05) is 7.11 Å². The number of benzene rings is 2. The molecule has 3 rings (SSSR count). The molecular formula is C20H19ClFNO2S. The molecule has 3 nitrogen and oxygen atoms in total. The van der Waals surface area contributed by atoms with Gasteiger partial charge < -0.3 is 14.8 Å². The lowest BCUT2D eigenvalue weighted by molar-refractivity contribution is 0.279. The van der Waals surface area contributed by atoms with E-state index < -0.39 is 0 Å². The molecule has 6 heteroatoms. The maximum Gasteiger partial charge on any atom is 0.180 e. The third-order valence-electron chi connectivity index (χ3n) is 3.83. The molecule has 0 saturated carbocycles. The van der Waals surface area contributed by atoms with Gasteiger partial charge in [-0.15, -0.1) is 11.3 Å². The van der Waals surface area contributed by atoms with Gasteiger partial charge in [-0.25, -0.2) is 4.39 Å². The summed E-state index contributed by atoms with van der Waals surface area (Å²) in [5.74, 6) is 0.637. The van der Waals surface area contributed by atoms with Gasteiger partial charge in [0.25, 0.3) is 0 Å². The van der Waals surface area contributed by atoms with Crippen LogP contribution >= 0.6 is 22.9 Å². The molecule has 0 fully saturated rings. The van der Waals surface area contributed by atoms with Crippen LogP contribution in [0.25, 0.3) is 0 Å². The van der Waals surface area contributed by atoms with Crippen molar-refractivity contribution in [2.45, 2.75) is 19.7 Å². The van der Waals surface area contributed by atoms with Crippen molar-refractivity contribution in [3.8, 4) is 11.5 Å².